The van der Waals surface area contributed by atoms with Crippen LogP contribution in [0.25, 0.3) is 5.65 Å². The molecule has 0 radical (unpaired) electrons. The van der Waals surface area contributed by atoms with E-state index in [4.69, 9.17) is 0 Å². The molecular weight excluding hydrogens is 404 g/mol. The molecule has 2 atom stereocenters. The second kappa shape index (κ2) is 14.6. The van der Waals surface area contributed by atoms with E-state index in [9.17, 15) is 24.0 Å². The topological polar surface area (TPSA) is 231 Å². The van der Waals surface area contributed by atoms with Gasteiger partial charge in [-0.2, -0.15) is 0 Å². The summed E-state index contributed by atoms with van der Waals surface area (Å²) in [6.45, 7) is 0. The average Bonchev–Trinajstić information content (AvgIpc) is 2.70. The van der Waals surface area contributed by atoms with Gasteiger partial charge in [-0.25, -0.2) is 4.98 Å². The molecule has 2 aromatic heterocycles. The van der Waals surface area contributed by atoms with Gasteiger partial charge in [0.2, 0.25) is 0 Å². The van der Waals surface area contributed by atoms with Crippen LogP contribution < -0.4 is 68.9 Å². The van der Waals surface area contributed by atoms with E-state index in [0.29, 0.717) is 11.3 Å². The van der Waals surface area contributed by atoms with E-state index >= 15 is 0 Å². The summed E-state index contributed by atoms with van der Waals surface area (Å²) in [4.78, 5) is 25.1. The Hall–Kier alpha value is 0.570. The van der Waals surface area contributed by atoms with Crippen molar-refractivity contribution in [3.8, 4) is 0 Å². The third-order valence-electron chi connectivity index (χ3n) is 2.33. The summed E-state index contributed by atoms with van der Waals surface area (Å²) < 4.78 is 30.9. The minimum atomic E-state index is -3.52. The van der Waals surface area contributed by atoms with Gasteiger partial charge in [-0.15, -0.1) is 0 Å². The number of aliphatic hydroxyl groups is 1. The first-order valence-corrected chi connectivity index (χ1v) is 7.39. The molecule has 12 nitrogen and oxygen atoms in total. The fourth-order valence-corrected chi connectivity index (χ4v) is 2.39. The summed E-state index contributed by atoms with van der Waals surface area (Å²) in [5.41, 5.74) is 0.833. The van der Waals surface area contributed by atoms with Gasteiger partial charge in [0, 0.05) is 12.4 Å². The summed E-state index contributed by atoms with van der Waals surface area (Å²) >= 11 is 0. The zero-order chi connectivity index (χ0) is 14.8. The molecule has 0 aromatic carbocycles. The van der Waals surface area contributed by atoms with E-state index in [2.05, 4.69) is 14.0 Å². The Labute approximate surface area is 187 Å². The zero-order valence-corrected chi connectivity index (χ0v) is 19.1. The second-order valence-electron chi connectivity index (χ2n) is 3.70. The van der Waals surface area contributed by atoms with Crippen molar-refractivity contribution in [2.75, 3.05) is 0 Å². The van der Waals surface area contributed by atoms with Crippen LogP contribution in [0.2, 0.25) is 0 Å². The SMILES string of the molecule is O.O.O.O=[P+]([O-])OC(O)(Cc1cnc2ccccn12)O[P+](=O)[O-].[Na+].[Na+]. The van der Waals surface area contributed by atoms with Gasteiger partial charge in [0.05, 0.1) is 12.1 Å². The van der Waals surface area contributed by atoms with Crippen molar-refractivity contribution in [1.82, 2.24) is 9.38 Å². The maximum absolute atomic E-state index is 10.5. The summed E-state index contributed by atoms with van der Waals surface area (Å²) in [6.07, 6.45) is 2.39. The predicted molar refractivity (Wildman–Crippen MR) is 72.1 cm³/mol. The zero-order valence-electron chi connectivity index (χ0n) is 13.3. The van der Waals surface area contributed by atoms with Gasteiger partial charge in [-0.05, 0) is 21.3 Å². The van der Waals surface area contributed by atoms with E-state index in [1.54, 1.807) is 24.4 Å². The maximum atomic E-state index is 10.5. The van der Waals surface area contributed by atoms with Crippen molar-refractivity contribution in [2.24, 2.45) is 0 Å². The van der Waals surface area contributed by atoms with Crippen molar-refractivity contribution in [2.45, 2.75) is 12.4 Å². The Morgan fingerprint density at radius 2 is 1.64 bits per heavy atom. The first-order chi connectivity index (χ1) is 9.39. The molecule has 16 heteroatoms. The number of hydrogen-bond donors (Lipinski definition) is 1. The van der Waals surface area contributed by atoms with E-state index in [-0.39, 0.29) is 75.5 Å². The number of aromatic nitrogens is 2. The molecule has 0 saturated heterocycles. The van der Waals surface area contributed by atoms with Crippen LogP contribution in [0.4, 0.5) is 0 Å². The molecular formula is C9H14N2Na2O10P2+2. The van der Waals surface area contributed by atoms with Crippen molar-refractivity contribution >= 4 is 22.2 Å². The molecule has 2 heterocycles. The molecule has 7 N–H and O–H groups in total. The molecule has 130 valence electrons. The molecule has 0 aliphatic carbocycles. The molecule has 0 fully saturated rings. The van der Waals surface area contributed by atoms with E-state index in [1.807, 2.05) is 0 Å². The van der Waals surface area contributed by atoms with Crippen molar-refractivity contribution in [1.29, 1.82) is 0 Å². The first kappa shape index (κ1) is 33.2. The molecule has 2 unspecified atom stereocenters. The number of imidazole rings is 1. The van der Waals surface area contributed by atoms with Crippen LogP contribution in [0.1, 0.15) is 5.69 Å². The molecule has 0 spiro atoms. The van der Waals surface area contributed by atoms with Crippen LogP contribution in [-0.2, 0) is 24.6 Å². The Bertz CT molecular complexity index is 657. The Morgan fingerprint density at radius 1 is 1.12 bits per heavy atom. The molecule has 0 bridgehead atoms. The minimum absolute atomic E-state index is 0. The van der Waals surface area contributed by atoms with Gasteiger partial charge in [0.25, 0.3) is 0 Å². The number of pyridine rings is 1. The quantitative estimate of drug-likeness (QED) is 0.268. The molecule has 0 saturated carbocycles. The maximum Gasteiger partial charge on any atom is 1.00 e. The molecule has 2 aromatic rings. The third-order valence-corrected chi connectivity index (χ3v) is 3.20. The molecule has 0 amide bonds. The van der Waals surface area contributed by atoms with Gasteiger partial charge in [-0.1, -0.05) is 15.1 Å². The third kappa shape index (κ3) is 9.89. The fourth-order valence-electron chi connectivity index (χ4n) is 1.66. The number of hydrogen-bond acceptors (Lipinski definition) is 8. The largest absolute Gasteiger partial charge is 1.00 e. The van der Waals surface area contributed by atoms with E-state index < -0.39 is 28.9 Å². The van der Waals surface area contributed by atoms with Crippen LogP contribution in [0, 0.1) is 0 Å². The fraction of sp³-hybridized carbons (Fsp3) is 0.222. The Kier molecular flexibility index (Phi) is 19.4. The smallest absolute Gasteiger partial charge is 0.566 e. The Morgan fingerprint density at radius 3 is 2.12 bits per heavy atom. The number of rotatable bonds is 6. The van der Waals surface area contributed by atoms with Crippen LogP contribution in [0.5, 0.6) is 0 Å². The van der Waals surface area contributed by atoms with Crippen LogP contribution >= 0.6 is 16.5 Å². The van der Waals surface area contributed by atoms with Gasteiger partial charge in [0.1, 0.15) is 5.65 Å². The number of fused-ring (bicyclic) bond motifs is 1. The summed E-state index contributed by atoms with van der Waals surface area (Å²) in [5, 5.41) is 9.83. The van der Waals surface area contributed by atoms with Crippen molar-refractivity contribution in [3.05, 3.63) is 36.3 Å². The van der Waals surface area contributed by atoms with Crippen molar-refractivity contribution in [3.63, 3.8) is 0 Å². The average molecular weight is 418 g/mol. The Balaban J connectivity index is -0.000000441. The monoisotopic (exact) mass is 418 g/mol. The van der Waals surface area contributed by atoms with Crippen LogP contribution in [0.3, 0.4) is 0 Å². The second-order valence-corrected chi connectivity index (χ2v) is 4.96. The minimum Gasteiger partial charge on any atom is -0.566 e. The molecule has 0 aliphatic rings. The standard InChI is InChI=1S/C9H8N2O7P2.2Na.3H2O/c12-9(17-19(13)14,18-20(15)16)5-7-6-10-8-3-1-2-4-11(7)8;;;;;/h1-4,6,12H,5H2;;;3*1H2/q;2*+1;;;. The van der Waals surface area contributed by atoms with Gasteiger partial charge in [0.15, 0.2) is 0 Å². The summed E-state index contributed by atoms with van der Waals surface area (Å²) in [7, 11) is -7.03. The molecule has 2 rings (SSSR count). The van der Waals surface area contributed by atoms with Crippen LogP contribution in [-0.4, -0.2) is 36.9 Å². The van der Waals surface area contributed by atoms with Gasteiger partial charge >= 0.3 is 81.6 Å². The van der Waals surface area contributed by atoms with E-state index in [0.717, 1.165) is 0 Å². The van der Waals surface area contributed by atoms with Gasteiger partial charge < -0.3 is 35.7 Å². The van der Waals surface area contributed by atoms with E-state index in [1.165, 1.54) is 10.6 Å². The molecule has 25 heavy (non-hydrogen) atoms. The number of nitrogens with zero attached hydrogens (tertiary/aromatic N) is 2. The van der Waals surface area contributed by atoms with Crippen molar-refractivity contribution < 1.29 is 109 Å². The summed E-state index contributed by atoms with van der Waals surface area (Å²) in [6, 6.07) is 5.09. The normalized spacial score (nSPS) is 12.8. The first-order valence-electron chi connectivity index (χ1n) is 5.20. The van der Waals surface area contributed by atoms with Gasteiger partial charge in [-0.3, -0.25) is 0 Å². The van der Waals surface area contributed by atoms with Crippen LogP contribution in [0.15, 0.2) is 30.6 Å². The predicted octanol–water partition coefficient (Wildman–Crippen LogP) is -8.87. The molecule has 0 aliphatic heterocycles. The summed E-state index contributed by atoms with van der Waals surface area (Å²) in [5.74, 6) is -2.84.